The third-order valence-corrected chi connectivity index (χ3v) is 5.85. The Morgan fingerprint density at radius 1 is 1.33 bits per heavy atom. The van der Waals surface area contributed by atoms with Gasteiger partial charge in [-0.1, -0.05) is 37.3 Å². The first-order chi connectivity index (χ1) is 10.1. The zero-order chi connectivity index (χ0) is 15.3. The Balaban J connectivity index is 2.44. The summed E-state index contributed by atoms with van der Waals surface area (Å²) in [6.45, 7) is 2.85. The van der Waals surface area contributed by atoms with Gasteiger partial charge in [0.1, 0.15) is 0 Å². The molecule has 1 atom stereocenters. The van der Waals surface area contributed by atoms with Gasteiger partial charge in [-0.15, -0.1) is 0 Å². The highest BCUT2D eigenvalue weighted by atomic mass is 32.2. The van der Waals surface area contributed by atoms with Gasteiger partial charge < -0.3 is 5.73 Å². The Morgan fingerprint density at radius 2 is 2.10 bits per heavy atom. The van der Waals surface area contributed by atoms with E-state index in [9.17, 15) is 8.42 Å². The van der Waals surface area contributed by atoms with Crippen LogP contribution < -0.4 is 5.73 Å². The zero-order valence-corrected chi connectivity index (χ0v) is 13.2. The van der Waals surface area contributed by atoms with Crippen molar-refractivity contribution in [3.63, 3.8) is 0 Å². The Bertz CT molecular complexity index is 644. The summed E-state index contributed by atoms with van der Waals surface area (Å²) < 4.78 is 27.6. The lowest BCUT2D eigenvalue weighted by Crippen LogP contribution is -2.43. The van der Waals surface area contributed by atoms with Crippen molar-refractivity contribution in [1.29, 1.82) is 0 Å². The third kappa shape index (κ3) is 3.46. The van der Waals surface area contributed by atoms with Crippen LogP contribution in [0.5, 0.6) is 0 Å². The monoisotopic (exact) mass is 306 g/mol. The van der Waals surface area contributed by atoms with Gasteiger partial charge in [0.15, 0.2) is 0 Å². The van der Waals surface area contributed by atoms with Gasteiger partial charge in [-0.05, 0) is 31.4 Å². The fraction of sp³-hybridized carbons (Fsp3) is 0.500. The summed E-state index contributed by atoms with van der Waals surface area (Å²) in [5.41, 5.74) is 5.92. The van der Waals surface area contributed by atoms with Gasteiger partial charge in [0.2, 0.25) is 10.0 Å². The van der Waals surface area contributed by atoms with Crippen molar-refractivity contribution >= 4 is 10.0 Å². The van der Waals surface area contributed by atoms with E-state index >= 15 is 0 Å². The van der Waals surface area contributed by atoms with Crippen LogP contribution in [-0.2, 0) is 10.0 Å². The number of sulfonamides is 1. The van der Waals surface area contributed by atoms with Crippen LogP contribution in [-0.4, -0.2) is 31.9 Å². The summed E-state index contributed by atoms with van der Waals surface area (Å²) in [5.74, 6) is 5.61. The van der Waals surface area contributed by atoms with E-state index < -0.39 is 10.0 Å². The SMILES string of the molecule is CCC1CCCCN1S(=O)(=O)c1ccccc1C#CCN. The number of piperidine rings is 1. The minimum absolute atomic E-state index is 0.0965. The summed E-state index contributed by atoms with van der Waals surface area (Å²) in [6.07, 6.45) is 3.80. The molecule has 1 saturated heterocycles. The van der Waals surface area contributed by atoms with Crippen LogP contribution in [0.1, 0.15) is 38.2 Å². The fourth-order valence-electron chi connectivity index (χ4n) is 2.77. The van der Waals surface area contributed by atoms with Crippen molar-refractivity contribution in [3.8, 4) is 11.8 Å². The van der Waals surface area contributed by atoms with E-state index in [1.54, 1.807) is 28.6 Å². The standard InChI is InChI=1S/C16H22N2O2S/c1-2-15-10-5-6-13-18(15)21(19,20)16-11-4-3-8-14(16)9-7-12-17/h3-4,8,11,15H,2,5-6,10,12-13,17H2,1H3. The molecule has 1 fully saturated rings. The average molecular weight is 306 g/mol. The summed E-state index contributed by atoms with van der Waals surface area (Å²) in [4.78, 5) is 0.298. The second-order valence-electron chi connectivity index (χ2n) is 5.18. The molecule has 0 spiro atoms. The van der Waals surface area contributed by atoms with E-state index in [4.69, 9.17) is 5.73 Å². The van der Waals surface area contributed by atoms with Crippen molar-refractivity contribution < 1.29 is 8.42 Å². The predicted molar refractivity (Wildman–Crippen MR) is 84.2 cm³/mol. The van der Waals surface area contributed by atoms with Crippen LogP contribution in [0.3, 0.4) is 0 Å². The molecule has 4 nitrogen and oxygen atoms in total. The molecule has 1 aliphatic rings. The molecule has 2 N–H and O–H groups in total. The molecule has 21 heavy (non-hydrogen) atoms. The maximum Gasteiger partial charge on any atom is 0.244 e. The van der Waals surface area contributed by atoms with Gasteiger partial charge in [0.05, 0.1) is 11.4 Å². The predicted octanol–water partition coefficient (Wildman–Crippen LogP) is 1.95. The lowest BCUT2D eigenvalue weighted by atomic mass is 10.0. The summed E-state index contributed by atoms with van der Waals surface area (Å²) in [7, 11) is -3.49. The first-order valence-corrected chi connectivity index (χ1v) is 8.85. The molecule has 1 aliphatic heterocycles. The number of benzene rings is 1. The molecule has 114 valence electrons. The van der Waals surface area contributed by atoms with Gasteiger partial charge in [0.25, 0.3) is 0 Å². The molecular formula is C16H22N2O2S. The molecule has 1 aromatic carbocycles. The van der Waals surface area contributed by atoms with E-state index in [0.29, 0.717) is 17.0 Å². The molecular weight excluding hydrogens is 284 g/mol. The molecule has 1 heterocycles. The number of nitrogens with zero attached hydrogens (tertiary/aromatic N) is 1. The molecule has 2 rings (SSSR count). The Hall–Kier alpha value is -1.35. The maximum absolute atomic E-state index is 13.0. The smallest absolute Gasteiger partial charge is 0.244 e. The van der Waals surface area contributed by atoms with Crippen molar-refractivity contribution in [2.24, 2.45) is 5.73 Å². The van der Waals surface area contributed by atoms with Crippen LogP contribution >= 0.6 is 0 Å². The molecule has 0 aromatic heterocycles. The van der Waals surface area contributed by atoms with Gasteiger partial charge >= 0.3 is 0 Å². The normalized spacial score (nSPS) is 19.8. The molecule has 5 heteroatoms. The quantitative estimate of drug-likeness (QED) is 0.868. The lowest BCUT2D eigenvalue weighted by Gasteiger charge is -2.34. The van der Waals surface area contributed by atoms with Crippen LogP contribution in [0, 0.1) is 11.8 Å². The maximum atomic E-state index is 13.0. The lowest BCUT2D eigenvalue weighted by molar-refractivity contribution is 0.246. The third-order valence-electron chi connectivity index (χ3n) is 3.84. The summed E-state index contributed by atoms with van der Waals surface area (Å²) in [5, 5.41) is 0. The largest absolute Gasteiger partial charge is 0.320 e. The Kier molecular flexibility index (Phi) is 5.40. The molecule has 0 amide bonds. The van der Waals surface area contributed by atoms with Gasteiger partial charge in [-0.2, -0.15) is 4.31 Å². The van der Waals surface area contributed by atoms with E-state index in [-0.39, 0.29) is 12.6 Å². The first kappa shape index (κ1) is 16.0. The zero-order valence-electron chi connectivity index (χ0n) is 12.4. The number of hydrogen-bond acceptors (Lipinski definition) is 3. The van der Waals surface area contributed by atoms with Crippen LogP contribution in [0.15, 0.2) is 29.2 Å². The summed E-state index contributed by atoms with van der Waals surface area (Å²) >= 11 is 0. The Labute approximate surface area is 127 Å². The van der Waals surface area contributed by atoms with E-state index in [1.807, 2.05) is 6.92 Å². The molecule has 0 bridgehead atoms. The highest BCUT2D eigenvalue weighted by Crippen LogP contribution is 2.28. The van der Waals surface area contributed by atoms with Crippen LogP contribution in [0.25, 0.3) is 0 Å². The van der Waals surface area contributed by atoms with Crippen LogP contribution in [0.2, 0.25) is 0 Å². The first-order valence-electron chi connectivity index (χ1n) is 7.41. The van der Waals surface area contributed by atoms with Crippen molar-refractivity contribution in [1.82, 2.24) is 4.31 Å². The minimum atomic E-state index is -3.49. The van der Waals surface area contributed by atoms with Crippen molar-refractivity contribution in [2.75, 3.05) is 13.1 Å². The molecule has 0 aliphatic carbocycles. The molecule has 0 radical (unpaired) electrons. The fourth-order valence-corrected chi connectivity index (χ4v) is 4.68. The molecule has 0 saturated carbocycles. The second-order valence-corrected chi connectivity index (χ2v) is 7.03. The summed E-state index contributed by atoms with van der Waals surface area (Å²) in [6, 6.07) is 7.01. The topological polar surface area (TPSA) is 63.4 Å². The van der Waals surface area contributed by atoms with Gasteiger partial charge in [-0.3, -0.25) is 0 Å². The van der Waals surface area contributed by atoms with Crippen molar-refractivity contribution in [2.45, 2.75) is 43.5 Å². The van der Waals surface area contributed by atoms with Gasteiger partial charge in [0, 0.05) is 18.2 Å². The van der Waals surface area contributed by atoms with E-state index in [2.05, 4.69) is 11.8 Å². The number of rotatable bonds is 3. The second kappa shape index (κ2) is 7.08. The van der Waals surface area contributed by atoms with E-state index in [0.717, 1.165) is 25.7 Å². The highest BCUT2D eigenvalue weighted by Gasteiger charge is 2.33. The minimum Gasteiger partial charge on any atom is -0.320 e. The van der Waals surface area contributed by atoms with Gasteiger partial charge in [-0.25, -0.2) is 8.42 Å². The van der Waals surface area contributed by atoms with Crippen molar-refractivity contribution in [3.05, 3.63) is 29.8 Å². The molecule has 1 aromatic rings. The number of hydrogen-bond donors (Lipinski definition) is 1. The molecule has 1 unspecified atom stereocenters. The Morgan fingerprint density at radius 3 is 2.81 bits per heavy atom. The average Bonchev–Trinajstić information content (AvgIpc) is 2.53. The highest BCUT2D eigenvalue weighted by molar-refractivity contribution is 7.89. The van der Waals surface area contributed by atoms with Crippen LogP contribution in [0.4, 0.5) is 0 Å². The number of nitrogens with two attached hydrogens (primary N) is 1. The van der Waals surface area contributed by atoms with E-state index in [1.165, 1.54) is 0 Å².